The Morgan fingerprint density at radius 3 is 2.26 bits per heavy atom. The molecule has 3 aromatic carbocycles. The number of hydrogen-bond acceptors (Lipinski definition) is 4. The van der Waals surface area contributed by atoms with Gasteiger partial charge in [0.15, 0.2) is 0 Å². The van der Waals surface area contributed by atoms with Crippen molar-refractivity contribution in [2.24, 2.45) is 0 Å². The quantitative estimate of drug-likeness (QED) is 0.478. The van der Waals surface area contributed by atoms with Crippen LogP contribution in [0.1, 0.15) is 33.2 Å². The maximum Gasteiger partial charge on any atom is 0.338 e. The number of aryl methyl sites for hydroxylation is 1. The van der Waals surface area contributed by atoms with Gasteiger partial charge in [0.05, 0.1) is 17.3 Å². The lowest BCUT2D eigenvalue weighted by Crippen LogP contribution is -2.47. The van der Waals surface area contributed by atoms with Gasteiger partial charge in [-0.2, -0.15) is 0 Å². The van der Waals surface area contributed by atoms with Gasteiger partial charge in [-0.05, 0) is 30.7 Å². The summed E-state index contributed by atoms with van der Waals surface area (Å²) in [5.74, 6) is -1.04. The van der Waals surface area contributed by atoms with E-state index in [1.165, 1.54) is 0 Å². The van der Waals surface area contributed by atoms with E-state index in [0.29, 0.717) is 22.2 Å². The van der Waals surface area contributed by atoms with Gasteiger partial charge in [-0.15, -0.1) is 0 Å². The molecule has 1 fully saturated rings. The van der Waals surface area contributed by atoms with Gasteiger partial charge >= 0.3 is 5.97 Å². The summed E-state index contributed by atoms with van der Waals surface area (Å²) in [6.45, 7) is 5.11. The first-order chi connectivity index (χ1) is 16.6. The van der Waals surface area contributed by atoms with Crippen LogP contribution in [0.2, 0.25) is 0 Å². The van der Waals surface area contributed by atoms with Crippen LogP contribution in [-0.2, 0) is 0 Å². The normalized spacial score (nSPS) is 15.3. The van der Waals surface area contributed by atoms with Crippen molar-refractivity contribution in [3.8, 4) is 5.69 Å². The van der Waals surface area contributed by atoms with E-state index in [1.807, 2.05) is 55.5 Å². The number of piperazine rings is 1. The highest BCUT2D eigenvalue weighted by Crippen LogP contribution is 2.35. The van der Waals surface area contributed by atoms with Crippen molar-refractivity contribution >= 4 is 16.7 Å². The molecule has 1 atom stereocenters. The molecule has 4 aromatic rings. The molecule has 6 heteroatoms. The van der Waals surface area contributed by atoms with Gasteiger partial charge < -0.3 is 10.4 Å². The van der Waals surface area contributed by atoms with Crippen molar-refractivity contribution in [1.82, 2.24) is 14.8 Å². The number of carbonyl (C=O) groups is 1. The molecule has 2 N–H and O–H groups in total. The van der Waals surface area contributed by atoms with Crippen molar-refractivity contribution in [1.29, 1.82) is 0 Å². The number of nitrogens with one attached hydrogen (secondary N) is 1. The zero-order valence-corrected chi connectivity index (χ0v) is 19.1. The van der Waals surface area contributed by atoms with Crippen LogP contribution in [0.4, 0.5) is 0 Å². The van der Waals surface area contributed by atoms with E-state index in [4.69, 9.17) is 0 Å². The SMILES string of the molecule is Cc1cccc(C(c2c(C(=O)O)c3ccccc3c(=O)n2-c2ccccc2)N2CCNCC2)c1. The van der Waals surface area contributed by atoms with E-state index >= 15 is 0 Å². The lowest BCUT2D eigenvalue weighted by molar-refractivity contribution is 0.0693. The van der Waals surface area contributed by atoms with Crippen molar-refractivity contribution in [3.63, 3.8) is 0 Å². The molecule has 5 rings (SSSR count). The van der Waals surface area contributed by atoms with Gasteiger partial charge in [-0.1, -0.05) is 66.2 Å². The largest absolute Gasteiger partial charge is 0.478 e. The van der Waals surface area contributed by atoms with Crippen LogP contribution >= 0.6 is 0 Å². The molecule has 0 radical (unpaired) electrons. The summed E-state index contributed by atoms with van der Waals surface area (Å²) in [6.07, 6.45) is 0. The topological polar surface area (TPSA) is 74.6 Å². The molecule has 0 saturated carbocycles. The third-order valence-electron chi connectivity index (χ3n) is 6.49. The van der Waals surface area contributed by atoms with Gasteiger partial charge in [-0.25, -0.2) is 4.79 Å². The molecule has 1 aromatic heterocycles. The van der Waals surface area contributed by atoms with Gasteiger partial charge in [0, 0.05) is 42.6 Å². The molecule has 0 spiro atoms. The van der Waals surface area contributed by atoms with Crippen molar-refractivity contribution in [3.05, 3.63) is 112 Å². The molecule has 172 valence electrons. The number of hydrogen-bond donors (Lipinski definition) is 2. The highest BCUT2D eigenvalue weighted by atomic mass is 16.4. The van der Waals surface area contributed by atoms with Crippen LogP contribution in [-0.4, -0.2) is 46.7 Å². The number of aromatic nitrogens is 1. The fourth-order valence-corrected chi connectivity index (χ4v) is 5.01. The van der Waals surface area contributed by atoms with Crippen LogP contribution in [0.25, 0.3) is 16.5 Å². The summed E-state index contributed by atoms with van der Waals surface area (Å²) < 4.78 is 1.61. The molecule has 1 aliphatic heterocycles. The van der Waals surface area contributed by atoms with Crippen molar-refractivity contribution in [2.75, 3.05) is 26.2 Å². The number of fused-ring (bicyclic) bond motifs is 1. The van der Waals surface area contributed by atoms with E-state index in [0.717, 1.165) is 37.3 Å². The molecule has 1 unspecified atom stereocenters. The number of rotatable bonds is 5. The summed E-state index contributed by atoms with van der Waals surface area (Å²) in [4.78, 5) is 29.1. The van der Waals surface area contributed by atoms with Crippen LogP contribution in [0.15, 0.2) is 83.7 Å². The van der Waals surface area contributed by atoms with Crippen LogP contribution in [0, 0.1) is 6.92 Å². The number of pyridine rings is 1. The first-order valence-corrected chi connectivity index (χ1v) is 11.5. The maximum atomic E-state index is 13.9. The smallest absolute Gasteiger partial charge is 0.338 e. The average molecular weight is 454 g/mol. The minimum Gasteiger partial charge on any atom is -0.478 e. The Hall–Kier alpha value is -3.74. The fourth-order valence-electron chi connectivity index (χ4n) is 5.01. The molecule has 0 amide bonds. The highest BCUT2D eigenvalue weighted by Gasteiger charge is 2.33. The lowest BCUT2D eigenvalue weighted by Gasteiger charge is -2.37. The summed E-state index contributed by atoms with van der Waals surface area (Å²) in [7, 11) is 0. The van der Waals surface area contributed by atoms with Gasteiger partial charge in [-0.3, -0.25) is 14.3 Å². The summed E-state index contributed by atoms with van der Waals surface area (Å²) in [6, 6.07) is 24.1. The molecule has 1 saturated heterocycles. The Morgan fingerprint density at radius 2 is 1.59 bits per heavy atom. The van der Waals surface area contributed by atoms with Crippen LogP contribution in [0.3, 0.4) is 0 Å². The molecule has 2 heterocycles. The molecule has 6 nitrogen and oxygen atoms in total. The third kappa shape index (κ3) is 3.91. The van der Waals surface area contributed by atoms with E-state index < -0.39 is 12.0 Å². The number of carboxylic acid groups (broad SMARTS) is 1. The Kier molecular flexibility index (Phi) is 6.01. The van der Waals surface area contributed by atoms with Crippen LogP contribution in [0.5, 0.6) is 0 Å². The second-order valence-electron chi connectivity index (χ2n) is 8.69. The van der Waals surface area contributed by atoms with E-state index in [-0.39, 0.29) is 11.1 Å². The molecule has 1 aliphatic rings. The fraction of sp³-hybridized carbons (Fsp3) is 0.214. The zero-order chi connectivity index (χ0) is 23.7. The molecule has 0 bridgehead atoms. The second-order valence-corrected chi connectivity index (χ2v) is 8.69. The van der Waals surface area contributed by atoms with Crippen molar-refractivity contribution in [2.45, 2.75) is 13.0 Å². The monoisotopic (exact) mass is 453 g/mol. The standard InChI is InChI=1S/C28H27N3O3/c1-19-8-7-9-20(18-19)25(30-16-14-29-15-17-30)26-24(28(33)34)22-12-5-6-13-23(22)27(32)31(26)21-10-3-2-4-11-21/h2-13,18,25,29H,14-17H2,1H3,(H,33,34). The third-order valence-corrected chi connectivity index (χ3v) is 6.49. The van der Waals surface area contributed by atoms with Crippen LogP contribution < -0.4 is 10.9 Å². The number of aromatic carboxylic acids is 1. The first-order valence-electron chi connectivity index (χ1n) is 11.5. The minimum absolute atomic E-state index is 0.170. The second kappa shape index (κ2) is 9.25. The Morgan fingerprint density at radius 1 is 0.912 bits per heavy atom. The number of benzene rings is 3. The summed E-state index contributed by atoms with van der Waals surface area (Å²) in [5, 5.41) is 14.8. The van der Waals surface area contributed by atoms with Gasteiger partial charge in [0.1, 0.15) is 0 Å². The lowest BCUT2D eigenvalue weighted by atomic mass is 9.92. The predicted octanol–water partition coefficient (Wildman–Crippen LogP) is 3.99. The Balaban J connectivity index is 1.94. The molecule has 34 heavy (non-hydrogen) atoms. The Labute approximate surface area is 198 Å². The molecular weight excluding hydrogens is 426 g/mol. The summed E-state index contributed by atoms with van der Waals surface area (Å²) >= 11 is 0. The van der Waals surface area contributed by atoms with Crippen molar-refractivity contribution < 1.29 is 9.90 Å². The zero-order valence-electron chi connectivity index (χ0n) is 19.1. The average Bonchev–Trinajstić information content (AvgIpc) is 2.85. The number of carboxylic acids is 1. The minimum atomic E-state index is -1.04. The summed E-state index contributed by atoms with van der Waals surface area (Å²) in [5.41, 5.74) is 3.17. The number of para-hydroxylation sites is 1. The number of nitrogens with zero attached hydrogens (tertiary/aromatic N) is 2. The maximum absolute atomic E-state index is 13.9. The van der Waals surface area contributed by atoms with E-state index in [9.17, 15) is 14.7 Å². The highest BCUT2D eigenvalue weighted by molar-refractivity contribution is 6.04. The molecular formula is C28H27N3O3. The van der Waals surface area contributed by atoms with Gasteiger partial charge in [0.2, 0.25) is 0 Å². The first kappa shape index (κ1) is 22.1. The molecule has 0 aliphatic carbocycles. The van der Waals surface area contributed by atoms with Gasteiger partial charge in [0.25, 0.3) is 5.56 Å². The van der Waals surface area contributed by atoms with E-state index in [1.54, 1.807) is 28.8 Å². The van der Waals surface area contributed by atoms with E-state index in [2.05, 4.69) is 16.3 Å². The predicted molar refractivity (Wildman–Crippen MR) is 134 cm³/mol. The Bertz CT molecular complexity index is 1410.